The minimum atomic E-state index is -4.44. The Morgan fingerprint density at radius 1 is 1.07 bits per heavy atom. The zero-order valence-electron chi connectivity index (χ0n) is 14.7. The minimum Gasteiger partial charge on any atom is -0.487 e. The monoisotopic (exact) mass is 375 g/mol. The Labute approximate surface area is 155 Å². The summed E-state index contributed by atoms with van der Waals surface area (Å²) in [7, 11) is 0. The third-order valence-corrected chi connectivity index (χ3v) is 5.33. The van der Waals surface area contributed by atoms with E-state index in [0.29, 0.717) is 24.3 Å². The van der Waals surface area contributed by atoms with Gasteiger partial charge in [0.1, 0.15) is 11.9 Å². The maximum Gasteiger partial charge on any atom is 0.417 e. The van der Waals surface area contributed by atoms with Gasteiger partial charge in [-0.1, -0.05) is 42.8 Å². The fourth-order valence-corrected chi connectivity index (χ4v) is 3.66. The number of alkyl halides is 3. The Hall–Kier alpha value is -2.50. The van der Waals surface area contributed by atoms with Crippen molar-refractivity contribution < 1.29 is 22.7 Å². The molecule has 1 saturated carbocycles. The van der Waals surface area contributed by atoms with E-state index < -0.39 is 11.7 Å². The van der Waals surface area contributed by atoms with Crippen molar-refractivity contribution in [1.29, 1.82) is 0 Å². The summed E-state index contributed by atoms with van der Waals surface area (Å²) in [5.74, 6) is 0.628. The molecular weight excluding hydrogens is 355 g/mol. The molecule has 2 aromatic rings. The molecule has 1 N–H and O–H groups in total. The number of carbonyl (C=O) groups excluding carboxylic acids is 1. The first-order valence-electron chi connectivity index (χ1n) is 9.16. The lowest BCUT2D eigenvalue weighted by atomic mass is 9.85. The number of fused-ring (bicyclic) bond motifs is 1. The summed E-state index contributed by atoms with van der Waals surface area (Å²) >= 11 is 0. The third kappa shape index (κ3) is 3.53. The van der Waals surface area contributed by atoms with Gasteiger partial charge in [0.2, 0.25) is 5.91 Å². The summed E-state index contributed by atoms with van der Waals surface area (Å²) in [4.78, 5) is 12.0. The van der Waals surface area contributed by atoms with E-state index >= 15 is 0 Å². The lowest BCUT2D eigenvalue weighted by molar-refractivity contribution is -0.137. The van der Waals surface area contributed by atoms with E-state index in [2.05, 4.69) is 5.32 Å². The second-order valence-corrected chi connectivity index (χ2v) is 7.15. The Morgan fingerprint density at radius 2 is 1.81 bits per heavy atom. The highest BCUT2D eigenvalue weighted by Crippen LogP contribution is 2.43. The van der Waals surface area contributed by atoms with Crippen LogP contribution in [0.25, 0.3) is 11.1 Å². The van der Waals surface area contributed by atoms with Crippen LogP contribution in [-0.4, -0.2) is 18.6 Å². The van der Waals surface area contributed by atoms with Crippen molar-refractivity contribution in [1.82, 2.24) is 5.32 Å². The normalized spacial score (nSPS) is 19.1. The molecule has 1 fully saturated rings. The first-order chi connectivity index (χ1) is 12.9. The summed E-state index contributed by atoms with van der Waals surface area (Å²) in [6.45, 7) is 0.365. The summed E-state index contributed by atoms with van der Waals surface area (Å²) in [6, 6.07) is 10.8. The number of ether oxygens (including phenoxy) is 1. The largest absolute Gasteiger partial charge is 0.487 e. The molecule has 0 saturated heterocycles. The molecule has 6 heteroatoms. The molecule has 3 nitrogen and oxygen atoms in total. The van der Waals surface area contributed by atoms with Crippen LogP contribution in [0.1, 0.15) is 30.4 Å². The maximum absolute atomic E-state index is 13.4. The third-order valence-electron chi connectivity index (χ3n) is 5.33. The van der Waals surface area contributed by atoms with Gasteiger partial charge in [0.15, 0.2) is 0 Å². The smallest absolute Gasteiger partial charge is 0.417 e. The lowest BCUT2D eigenvalue weighted by Crippen LogP contribution is -2.40. The number of halogens is 3. The van der Waals surface area contributed by atoms with Crippen LogP contribution in [0.15, 0.2) is 42.5 Å². The molecule has 1 aliphatic carbocycles. The maximum atomic E-state index is 13.4. The van der Waals surface area contributed by atoms with Crippen LogP contribution in [0.4, 0.5) is 13.2 Å². The highest BCUT2D eigenvalue weighted by Gasteiger charge is 2.35. The Kier molecular flexibility index (Phi) is 4.58. The summed E-state index contributed by atoms with van der Waals surface area (Å²) in [5, 5.41) is 2.91. The van der Waals surface area contributed by atoms with E-state index in [1.807, 2.05) is 6.07 Å². The molecule has 0 bridgehead atoms. The molecule has 0 radical (unpaired) electrons. The van der Waals surface area contributed by atoms with Crippen molar-refractivity contribution in [2.45, 2.75) is 38.0 Å². The van der Waals surface area contributed by atoms with E-state index in [4.69, 9.17) is 4.74 Å². The number of rotatable bonds is 4. The van der Waals surface area contributed by atoms with Crippen LogP contribution in [0.5, 0.6) is 5.75 Å². The van der Waals surface area contributed by atoms with Crippen molar-refractivity contribution in [3.8, 4) is 16.9 Å². The van der Waals surface area contributed by atoms with Crippen molar-refractivity contribution in [3.63, 3.8) is 0 Å². The summed E-state index contributed by atoms with van der Waals surface area (Å²) in [6.07, 6.45) is -1.18. The van der Waals surface area contributed by atoms with Crippen LogP contribution in [0.2, 0.25) is 0 Å². The van der Waals surface area contributed by atoms with Crippen molar-refractivity contribution in [2.24, 2.45) is 5.92 Å². The summed E-state index contributed by atoms with van der Waals surface area (Å²) < 4.78 is 46.2. The molecule has 0 aromatic heterocycles. The highest BCUT2D eigenvalue weighted by atomic mass is 19.4. The fraction of sp³-hybridized carbons (Fsp3) is 0.381. The number of hydrogen-bond donors (Lipinski definition) is 1. The van der Waals surface area contributed by atoms with Crippen LogP contribution in [0, 0.1) is 5.92 Å². The Morgan fingerprint density at radius 3 is 2.52 bits per heavy atom. The quantitative estimate of drug-likeness (QED) is 0.849. The molecule has 1 atom stereocenters. The van der Waals surface area contributed by atoms with Gasteiger partial charge in [0.05, 0.1) is 12.1 Å². The lowest BCUT2D eigenvalue weighted by Gasteiger charge is -2.24. The van der Waals surface area contributed by atoms with Crippen molar-refractivity contribution in [2.75, 3.05) is 6.54 Å². The zero-order valence-corrected chi connectivity index (χ0v) is 14.7. The molecule has 0 unspecified atom stereocenters. The molecule has 1 amide bonds. The number of para-hydroxylation sites is 1. The van der Waals surface area contributed by atoms with E-state index in [9.17, 15) is 18.0 Å². The molecule has 1 heterocycles. The molecule has 0 spiro atoms. The van der Waals surface area contributed by atoms with Crippen LogP contribution in [0.3, 0.4) is 0 Å². The van der Waals surface area contributed by atoms with Crippen LogP contribution >= 0.6 is 0 Å². The van der Waals surface area contributed by atoms with E-state index in [-0.39, 0.29) is 23.5 Å². The molecular formula is C21H20F3NO2. The molecule has 27 heavy (non-hydrogen) atoms. The standard InChI is InChI=1S/C21H20F3NO2/c22-21(23,24)18-10-2-1-8-16(18)17-9-4-7-14-11-15(27-19(14)17)12-25-20(26)13-5-3-6-13/h1-2,4,7-10,13,15H,3,5-6,11-12H2,(H,25,26)/t15-/m0/s1. The van der Waals surface area contributed by atoms with Crippen molar-refractivity contribution >= 4 is 5.91 Å². The predicted octanol–water partition coefficient (Wildman–Crippen LogP) is 4.59. The SMILES string of the molecule is O=C(NC[C@@H]1Cc2cccc(-c3ccccc3C(F)(F)F)c2O1)C1CCC1. The van der Waals surface area contributed by atoms with Gasteiger partial charge in [-0.05, 0) is 30.0 Å². The number of amides is 1. The van der Waals surface area contributed by atoms with Crippen LogP contribution in [-0.2, 0) is 17.4 Å². The second-order valence-electron chi connectivity index (χ2n) is 7.15. The van der Waals surface area contributed by atoms with Gasteiger partial charge in [-0.25, -0.2) is 0 Å². The molecule has 2 aromatic carbocycles. The molecule has 142 valence electrons. The van der Waals surface area contributed by atoms with Gasteiger partial charge in [0.25, 0.3) is 0 Å². The number of nitrogens with one attached hydrogen (secondary N) is 1. The van der Waals surface area contributed by atoms with Gasteiger partial charge in [-0.3, -0.25) is 4.79 Å². The van der Waals surface area contributed by atoms with E-state index in [1.165, 1.54) is 12.1 Å². The molecule has 2 aliphatic rings. The second kappa shape index (κ2) is 6.91. The zero-order chi connectivity index (χ0) is 19.0. The molecule has 1 aliphatic heterocycles. The first kappa shape index (κ1) is 17.9. The summed E-state index contributed by atoms with van der Waals surface area (Å²) in [5.41, 5.74) is 0.741. The average Bonchev–Trinajstić information content (AvgIpc) is 3.01. The number of hydrogen-bond acceptors (Lipinski definition) is 2. The average molecular weight is 375 g/mol. The Bertz CT molecular complexity index is 859. The van der Waals surface area contributed by atoms with E-state index in [1.54, 1.807) is 18.2 Å². The van der Waals surface area contributed by atoms with E-state index in [0.717, 1.165) is 30.9 Å². The van der Waals surface area contributed by atoms with Gasteiger partial charge in [-0.15, -0.1) is 0 Å². The number of benzene rings is 2. The molecule has 4 rings (SSSR count). The predicted molar refractivity (Wildman–Crippen MR) is 95.4 cm³/mol. The van der Waals surface area contributed by atoms with Gasteiger partial charge >= 0.3 is 6.18 Å². The minimum absolute atomic E-state index is 0.0449. The number of carbonyl (C=O) groups is 1. The Balaban J connectivity index is 1.55. The topological polar surface area (TPSA) is 38.3 Å². The van der Waals surface area contributed by atoms with Crippen LogP contribution < -0.4 is 10.1 Å². The first-order valence-corrected chi connectivity index (χ1v) is 9.16. The van der Waals surface area contributed by atoms with Gasteiger partial charge in [-0.2, -0.15) is 13.2 Å². The van der Waals surface area contributed by atoms with Crippen molar-refractivity contribution in [3.05, 3.63) is 53.6 Å². The highest BCUT2D eigenvalue weighted by molar-refractivity contribution is 5.79. The van der Waals surface area contributed by atoms with Gasteiger partial charge in [0, 0.05) is 17.9 Å². The fourth-order valence-electron chi connectivity index (χ4n) is 3.66. The van der Waals surface area contributed by atoms with Gasteiger partial charge < -0.3 is 10.1 Å².